The Kier molecular flexibility index (Phi) is 2.96. The topological polar surface area (TPSA) is 28.2 Å². The Morgan fingerprint density at radius 2 is 2.00 bits per heavy atom. The quantitative estimate of drug-likeness (QED) is 0.930. The fourth-order valence-electron chi connectivity index (χ4n) is 4.75. The van der Waals surface area contributed by atoms with E-state index < -0.39 is 0 Å². The second-order valence-electron chi connectivity index (χ2n) is 7.43. The Morgan fingerprint density at radius 3 is 2.86 bits per heavy atom. The molecule has 0 radical (unpaired) electrons. The molecule has 2 aliphatic carbocycles. The van der Waals surface area contributed by atoms with Gasteiger partial charge < -0.3 is 5.32 Å². The summed E-state index contributed by atoms with van der Waals surface area (Å²) in [4.78, 5) is 9.51. The Labute approximate surface area is 131 Å². The predicted molar refractivity (Wildman–Crippen MR) is 85.8 cm³/mol. The third-order valence-electron chi connectivity index (χ3n) is 5.99. The lowest BCUT2D eigenvalue weighted by molar-refractivity contribution is 0.222. The lowest BCUT2D eigenvalue weighted by Gasteiger charge is -2.35. The van der Waals surface area contributed by atoms with Crippen molar-refractivity contribution in [3.8, 4) is 0 Å². The van der Waals surface area contributed by atoms with Gasteiger partial charge in [-0.05, 0) is 64.3 Å². The van der Waals surface area contributed by atoms with Crippen LogP contribution in [0.5, 0.6) is 0 Å². The molecule has 21 heavy (non-hydrogen) atoms. The van der Waals surface area contributed by atoms with Crippen LogP contribution < -0.4 is 5.32 Å². The zero-order valence-electron chi connectivity index (χ0n) is 12.7. The summed E-state index contributed by atoms with van der Waals surface area (Å²) in [6.07, 6.45) is 12.0. The van der Waals surface area contributed by atoms with Crippen LogP contribution in [0.15, 0.2) is 0 Å². The highest BCUT2D eigenvalue weighted by molar-refractivity contribution is 7.12. The number of thiazole rings is 1. The van der Waals surface area contributed by atoms with E-state index in [0.29, 0.717) is 6.04 Å². The van der Waals surface area contributed by atoms with Crippen LogP contribution in [0.2, 0.25) is 0 Å². The first-order valence-electron chi connectivity index (χ1n) is 8.86. The number of aryl methyl sites for hydroxylation is 2. The van der Waals surface area contributed by atoms with Crippen LogP contribution in [0.4, 0.5) is 0 Å². The largest absolute Gasteiger partial charge is 0.301 e. The van der Waals surface area contributed by atoms with Gasteiger partial charge in [0.1, 0.15) is 5.01 Å². The standard InChI is InChI=1S/C17H25N3S/c1-2-5-14-13(4-1)18-16(21-14)17(19-12-7-8-12)9-11-20-10-3-6-15(17)20/h12,15,19H,1-11H2. The van der Waals surface area contributed by atoms with Crippen LogP contribution in [-0.4, -0.2) is 35.1 Å². The Balaban J connectivity index is 1.55. The SMILES string of the molecule is C1CCc2sc(C3(NC4CC4)CCN4CCCC43)nc2C1. The van der Waals surface area contributed by atoms with Gasteiger partial charge in [-0.2, -0.15) is 0 Å². The third kappa shape index (κ3) is 2.02. The first-order chi connectivity index (χ1) is 10.4. The zero-order chi connectivity index (χ0) is 13.9. The number of rotatable bonds is 3. The summed E-state index contributed by atoms with van der Waals surface area (Å²) in [6, 6.07) is 1.48. The Hall–Kier alpha value is -0.450. The van der Waals surface area contributed by atoms with Gasteiger partial charge in [0.05, 0.1) is 11.2 Å². The van der Waals surface area contributed by atoms with Gasteiger partial charge in [-0.15, -0.1) is 11.3 Å². The van der Waals surface area contributed by atoms with E-state index in [4.69, 9.17) is 4.98 Å². The zero-order valence-corrected chi connectivity index (χ0v) is 13.6. The molecule has 2 aliphatic heterocycles. The molecular formula is C17H25N3S. The number of fused-ring (bicyclic) bond motifs is 2. The molecule has 4 heteroatoms. The fraction of sp³-hybridized carbons (Fsp3) is 0.824. The number of aromatic nitrogens is 1. The summed E-state index contributed by atoms with van der Waals surface area (Å²) >= 11 is 2.05. The molecule has 1 saturated carbocycles. The second kappa shape index (κ2) is 4.77. The molecule has 3 nitrogen and oxygen atoms in total. The van der Waals surface area contributed by atoms with E-state index in [2.05, 4.69) is 10.2 Å². The maximum atomic E-state index is 5.18. The minimum absolute atomic E-state index is 0.194. The summed E-state index contributed by atoms with van der Waals surface area (Å²) in [5.74, 6) is 0. The van der Waals surface area contributed by atoms with Crippen LogP contribution in [0, 0.1) is 0 Å². The first kappa shape index (κ1) is 13.0. The van der Waals surface area contributed by atoms with Gasteiger partial charge in [0.15, 0.2) is 0 Å². The minimum atomic E-state index is 0.194. The van der Waals surface area contributed by atoms with Gasteiger partial charge >= 0.3 is 0 Å². The molecule has 0 bridgehead atoms. The lowest BCUT2D eigenvalue weighted by atomic mass is 9.88. The van der Waals surface area contributed by atoms with Crippen molar-refractivity contribution in [2.75, 3.05) is 13.1 Å². The van der Waals surface area contributed by atoms with Gasteiger partial charge in [-0.25, -0.2) is 4.98 Å². The third-order valence-corrected chi connectivity index (χ3v) is 7.33. The molecule has 5 rings (SSSR count). The van der Waals surface area contributed by atoms with Gasteiger partial charge in [-0.3, -0.25) is 4.90 Å². The average Bonchev–Trinajstić information content (AvgIpc) is 2.93. The van der Waals surface area contributed by atoms with Crippen molar-refractivity contribution in [3.63, 3.8) is 0 Å². The van der Waals surface area contributed by atoms with Gasteiger partial charge in [0.2, 0.25) is 0 Å². The highest BCUT2D eigenvalue weighted by atomic mass is 32.1. The molecule has 1 N–H and O–H groups in total. The van der Waals surface area contributed by atoms with Gasteiger partial charge in [0, 0.05) is 23.5 Å². The van der Waals surface area contributed by atoms with Crippen LogP contribution in [0.1, 0.15) is 60.5 Å². The van der Waals surface area contributed by atoms with E-state index in [1.54, 1.807) is 4.88 Å². The maximum absolute atomic E-state index is 5.18. The summed E-state index contributed by atoms with van der Waals surface area (Å²) in [7, 11) is 0. The second-order valence-corrected chi connectivity index (χ2v) is 8.51. The first-order valence-corrected chi connectivity index (χ1v) is 9.68. The number of nitrogens with one attached hydrogen (secondary N) is 1. The van der Waals surface area contributed by atoms with Crippen molar-refractivity contribution < 1.29 is 0 Å². The molecular weight excluding hydrogens is 278 g/mol. The average molecular weight is 303 g/mol. The number of hydrogen-bond acceptors (Lipinski definition) is 4. The minimum Gasteiger partial charge on any atom is -0.301 e. The monoisotopic (exact) mass is 303 g/mol. The molecule has 0 amide bonds. The molecule has 3 heterocycles. The van der Waals surface area contributed by atoms with Crippen LogP contribution in [-0.2, 0) is 18.4 Å². The van der Waals surface area contributed by atoms with Gasteiger partial charge in [-0.1, -0.05) is 0 Å². The normalized spacial score (nSPS) is 35.9. The lowest BCUT2D eigenvalue weighted by Crippen LogP contribution is -2.51. The summed E-state index contributed by atoms with van der Waals surface area (Å²) in [5.41, 5.74) is 1.63. The van der Waals surface area contributed by atoms with E-state index in [0.717, 1.165) is 6.04 Å². The smallest absolute Gasteiger partial charge is 0.115 e. The maximum Gasteiger partial charge on any atom is 0.115 e. The van der Waals surface area contributed by atoms with Crippen molar-refractivity contribution in [1.82, 2.24) is 15.2 Å². The molecule has 1 aromatic heterocycles. The number of hydrogen-bond donors (Lipinski definition) is 1. The summed E-state index contributed by atoms with van der Waals surface area (Å²) in [6.45, 7) is 2.58. The molecule has 2 atom stereocenters. The van der Waals surface area contributed by atoms with Crippen LogP contribution >= 0.6 is 11.3 Å². The Morgan fingerprint density at radius 1 is 1.10 bits per heavy atom. The number of nitrogens with zero attached hydrogens (tertiary/aromatic N) is 2. The molecule has 4 aliphatic rings. The van der Waals surface area contributed by atoms with Crippen molar-refractivity contribution >= 4 is 11.3 Å². The van der Waals surface area contributed by atoms with Crippen LogP contribution in [0.25, 0.3) is 0 Å². The molecule has 2 saturated heterocycles. The molecule has 1 aromatic rings. The van der Waals surface area contributed by atoms with Crippen molar-refractivity contribution in [1.29, 1.82) is 0 Å². The van der Waals surface area contributed by atoms with Crippen molar-refractivity contribution in [3.05, 3.63) is 15.6 Å². The molecule has 114 valence electrons. The van der Waals surface area contributed by atoms with E-state index in [1.165, 1.54) is 81.6 Å². The molecule has 3 fully saturated rings. The fourth-order valence-corrected chi connectivity index (χ4v) is 6.13. The van der Waals surface area contributed by atoms with Crippen molar-refractivity contribution in [2.24, 2.45) is 0 Å². The summed E-state index contributed by atoms with van der Waals surface area (Å²) < 4.78 is 0. The highest BCUT2D eigenvalue weighted by Gasteiger charge is 2.53. The van der Waals surface area contributed by atoms with Gasteiger partial charge in [0.25, 0.3) is 0 Å². The van der Waals surface area contributed by atoms with Crippen molar-refractivity contribution in [2.45, 2.75) is 75.4 Å². The van der Waals surface area contributed by atoms with Crippen LogP contribution in [0.3, 0.4) is 0 Å². The summed E-state index contributed by atoms with van der Waals surface area (Å²) in [5, 5.41) is 5.51. The predicted octanol–water partition coefficient (Wildman–Crippen LogP) is 2.84. The Bertz CT molecular complexity index is 527. The van der Waals surface area contributed by atoms with E-state index in [9.17, 15) is 0 Å². The molecule has 0 spiro atoms. The van der Waals surface area contributed by atoms with E-state index in [1.807, 2.05) is 11.3 Å². The molecule has 2 unspecified atom stereocenters. The van der Waals surface area contributed by atoms with E-state index >= 15 is 0 Å². The highest BCUT2D eigenvalue weighted by Crippen LogP contribution is 2.47. The molecule has 0 aromatic carbocycles. The van der Waals surface area contributed by atoms with E-state index in [-0.39, 0.29) is 5.54 Å².